The van der Waals surface area contributed by atoms with Gasteiger partial charge >= 0.3 is 5.97 Å². The van der Waals surface area contributed by atoms with E-state index >= 15 is 0 Å². The second kappa shape index (κ2) is 7.38. The number of hydrogen-bond donors (Lipinski definition) is 2. The molecule has 0 radical (unpaired) electrons. The van der Waals surface area contributed by atoms with Crippen LogP contribution in [0.1, 0.15) is 39.5 Å². The number of carbonyl (C=O) groups is 1. The van der Waals surface area contributed by atoms with Crippen molar-refractivity contribution in [1.29, 1.82) is 0 Å². The fourth-order valence-corrected chi connectivity index (χ4v) is 2.81. The van der Waals surface area contributed by atoms with Crippen LogP contribution in [0.5, 0.6) is 11.5 Å². The van der Waals surface area contributed by atoms with Crippen molar-refractivity contribution in [2.24, 2.45) is 5.92 Å². The molecule has 1 fully saturated rings. The maximum atomic E-state index is 11.0. The number of nitrogens with one attached hydrogen (secondary N) is 1. The highest BCUT2D eigenvalue weighted by molar-refractivity contribution is 5.70. The lowest BCUT2D eigenvalue weighted by Crippen LogP contribution is -2.29. The Kier molecular flexibility index (Phi) is 5.52. The van der Waals surface area contributed by atoms with Crippen LogP contribution in [0.2, 0.25) is 0 Å². The summed E-state index contributed by atoms with van der Waals surface area (Å²) in [5.41, 5.74) is 0.909. The summed E-state index contributed by atoms with van der Waals surface area (Å²) in [5, 5.41) is 12.6. The maximum absolute atomic E-state index is 11.0. The number of hydrogen-bond acceptors (Lipinski definition) is 4. The Bertz CT molecular complexity index is 507. The lowest BCUT2D eigenvalue weighted by atomic mass is 9.86. The third-order valence-corrected chi connectivity index (χ3v) is 3.99. The molecule has 0 saturated heterocycles. The fourth-order valence-electron chi connectivity index (χ4n) is 2.81. The largest absolute Gasteiger partial charge is 0.497 e. The topological polar surface area (TPSA) is 67.8 Å². The molecule has 0 spiro atoms. The van der Waals surface area contributed by atoms with Crippen LogP contribution in [0.15, 0.2) is 18.2 Å². The zero-order valence-corrected chi connectivity index (χ0v) is 13.5. The van der Waals surface area contributed by atoms with Crippen LogP contribution in [0.25, 0.3) is 0 Å². The molecular weight excluding hydrogens is 282 g/mol. The highest BCUT2D eigenvalue weighted by Gasteiger charge is 2.26. The summed E-state index contributed by atoms with van der Waals surface area (Å²) in [5.74, 6) is 0.701. The molecule has 0 unspecified atom stereocenters. The van der Waals surface area contributed by atoms with Gasteiger partial charge in [-0.2, -0.15) is 0 Å². The molecule has 0 heterocycles. The van der Waals surface area contributed by atoms with Crippen molar-refractivity contribution in [2.75, 3.05) is 12.4 Å². The van der Waals surface area contributed by atoms with E-state index in [0.29, 0.717) is 0 Å². The Morgan fingerprint density at radius 1 is 1.27 bits per heavy atom. The first-order chi connectivity index (χ1) is 10.5. The minimum Gasteiger partial charge on any atom is -0.497 e. The summed E-state index contributed by atoms with van der Waals surface area (Å²) < 4.78 is 11.1. The highest BCUT2D eigenvalue weighted by Crippen LogP contribution is 2.33. The standard InChI is InChI=1S/C17H25NO4/c1-11(2)22-16-9-8-14(21-3)10-15(16)18-13-6-4-12(5-7-13)17(19)20/h8-13,18H,4-7H2,1-3H3,(H,19,20). The van der Waals surface area contributed by atoms with E-state index in [2.05, 4.69) is 5.32 Å². The minimum absolute atomic E-state index is 0.0942. The lowest BCUT2D eigenvalue weighted by molar-refractivity contribution is -0.142. The van der Waals surface area contributed by atoms with Crippen molar-refractivity contribution < 1.29 is 19.4 Å². The first-order valence-electron chi connectivity index (χ1n) is 7.83. The summed E-state index contributed by atoms with van der Waals surface area (Å²) >= 11 is 0. The van der Waals surface area contributed by atoms with Gasteiger partial charge in [-0.25, -0.2) is 0 Å². The number of ether oxygens (including phenoxy) is 2. The number of anilines is 1. The first-order valence-corrected chi connectivity index (χ1v) is 7.83. The molecule has 22 heavy (non-hydrogen) atoms. The summed E-state index contributed by atoms with van der Waals surface area (Å²) in [6.07, 6.45) is 3.25. The van der Waals surface area contributed by atoms with Crippen LogP contribution in [0, 0.1) is 5.92 Å². The van der Waals surface area contributed by atoms with Gasteiger partial charge in [0, 0.05) is 12.1 Å². The van der Waals surface area contributed by atoms with Gasteiger partial charge in [-0.15, -0.1) is 0 Å². The monoisotopic (exact) mass is 307 g/mol. The smallest absolute Gasteiger partial charge is 0.306 e. The van der Waals surface area contributed by atoms with Gasteiger partial charge in [-0.3, -0.25) is 4.79 Å². The van der Waals surface area contributed by atoms with Crippen LogP contribution >= 0.6 is 0 Å². The van der Waals surface area contributed by atoms with Gasteiger partial charge in [0.1, 0.15) is 11.5 Å². The van der Waals surface area contributed by atoms with E-state index in [0.717, 1.165) is 42.9 Å². The van der Waals surface area contributed by atoms with Crippen molar-refractivity contribution in [3.8, 4) is 11.5 Å². The predicted molar refractivity (Wildman–Crippen MR) is 85.8 cm³/mol. The van der Waals surface area contributed by atoms with E-state index < -0.39 is 5.97 Å². The molecule has 2 N–H and O–H groups in total. The van der Waals surface area contributed by atoms with Gasteiger partial charge in [0.05, 0.1) is 24.8 Å². The summed E-state index contributed by atoms with van der Waals surface area (Å²) in [6, 6.07) is 5.99. The second-order valence-corrected chi connectivity index (χ2v) is 6.06. The zero-order chi connectivity index (χ0) is 16.1. The Hall–Kier alpha value is -1.91. The molecule has 1 aromatic carbocycles. The Morgan fingerprint density at radius 3 is 2.50 bits per heavy atom. The van der Waals surface area contributed by atoms with Crippen molar-refractivity contribution in [3.05, 3.63) is 18.2 Å². The van der Waals surface area contributed by atoms with Gasteiger partial charge in [0.15, 0.2) is 0 Å². The number of rotatable bonds is 6. The number of carboxylic acid groups (broad SMARTS) is 1. The normalized spacial score (nSPS) is 21.5. The van der Waals surface area contributed by atoms with Gasteiger partial charge in [-0.05, 0) is 51.7 Å². The molecule has 0 amide bonds. The van der Waals surface area contributed by atoms with E-state index in [4.69, 9.17) is 14.6 Å². The zero-order valence-electron chi connectivity index (χ0n) is 13.5. The van der Waals surface area contributed by atoms with Gasteiger partial charge in [0.25, 0.3) is 0 Å². The highest BCUT2D eigenvalue weighted by atomic mass is 16.5. The van der Waals surface area contributed by atoms with Crippen molar-refractivity contribution in [3.63, 3.8) is 0 Å². The van der Waals surface area contributed by atoms with E-state index in [-0.39, 0.29) is 18.1 Å². The lowest BCUT2D eigenvalue weighted by Gasteiger charge is -2.28. The third-order valence-electron chi connectivity index (χ3n) is 3.99. The minimum atomic E-state index is -0.677. The van der Waals surface area contributed by atoms with Crippen LogP contribution in [0.3, 0.4) is 0 Å². The fraction of sp³-hybridized carbons (Fsp3) is 0.588. The molecule has 2 rings (SSSR count). The van der Waals surface area contributed by atoms with E-state index in [1.54, 1.807) is 7.11 Å². The van der Waals surface area contributed by atoms with Crippen molar-refractivity contribution >= 4 is 11.7 Å². The molecule has 0 atom stereocenters. The molecule has 0 bridgehead atoms. The number of benzene rings is 1. The van der Waals surface area contributed by atoms with E-state index in [9.17, 15) is 4.79 Å². The van der Waals surface area contributed by atoms with Gasteiger partial charge < -0.3 is 19.9 Å². The quantitative estimate of drug-likeness (QED) is 0.841. The second-order valence-electron chi connectivity index (χ2n) is 6.06. The van der Waals surface area contributed by atoms with Crippen LogP contribution in [0.4, 0.5) is 5.69 Å². The Labute approximate surface area is 131 Å². The molecule has 1 aliphatic carbocycles. The molecule has 1 aromatic rings. The molecule has 0 aromatic heterocycles. The van der Waals surface area contributed by atoms with Crippen molar-refractivity contribution in [2.45, 2.75) is 51.7 Å². The molecule has 5 heteroatoms. The summed E-state index contributed by atoms with van der Waals surface area (Å²) in [7, 11) is 1.64. The van der Waals surface area contributed by atoms with Crippen molar-refractivity contribution in [1.82, 2.24) is 0 Å². The molecule has 122 valence electrons. The first kappa shape index (κ1) is 16.5. The van der Waals surface area contributed by atoms with Crippen LogP contribution in [-0.4, -0.2) is 30.3 Å². The van der Waals surface area contributed by atoms with Gasteiger partial charge in [-0.1, -0.05) is 0 Å². The number of aliphatic carboxylic acids is 1. The van der Waals surface area contributed by atoms with E-state index in [1.165, 1.54) is 0 Å². The number of carboxylic acids is 1. The average molecular weight is 307 g/mol. The molecule has 1 saturated carbocycles. The summed E-state index contributed by atoms with van der Waals surface area (Å²) in [6.45, 7) is 3.98. The van der Waals surface area contributed by atoms with Crippen LogP contribution < -0.4 is 14.8 Å². The van der Waals surface area contributed by atoms with Gasteiger partial charge in [0.2, 0.25) is 0 Å². The molecule has 0 aliphatic heterocycles. The average Bonchev–Trinajstić information content (AvgIpc) is 2.49. The Morgan fingerprint density at radius 2 is 1.95 bits per heavy atom. The third kappa shape index (κ3) is 4.29. The SMILES string of the molecule is COc1ccc(OC(C)C)c(NC2CCC(C(=O)O)CC2)c1. The summed E-state index contributed by atoms with van der Waals surface area (Å²) in [4.78, 5) is 11.0. The molecule has 5 nitrogen and oxygen atoms in total. The predicted octanol–water partition coefficient (Wildman–Crippen LogP) is 3.54. The molecular formula is C17H25NO4. The van der Waals surface area contributed by atoms with Crippen LogP contribution in [-0.2, 0) is 4.79 Å². The molecule has 1 aliphatic rings. The maximum Gasteiger partial charge on any atom is 0.306 e. The van der Waals surface area contributed by atoms with E-state index in [1.807, 2.05) is 32.0 Å². The Balaban J connectivity index is 2.06. The number of methoxy groups -OCH3 is 1.